The first-order valence-corrected chi connectivity index (χ1v) is 12.8. The number of esters is 2. The molecule has 0 saturated heterocycles. The van der Waals surface area contributed by atoms with Gasteiger partial charge in [0.1, 0.15) is 5.82 Å². The maximum absolute atomic E-state index is 13.3. The lowest BCUT2D eigenvalue weighted by Gasteiger charge is -2.30. The highest BCUT2D eigenvalue weighted by atomic mass is 32.1. The Morgan fingerprint density at radius 1 is 1.00 bits per heavy atom. The first kappa shape index (κ1) is 26.1. The molecule has 2 N–H and O–H groups in total. The highest BCUT2D eigenvalue weighted by Gasteiger charge is 2.38. The molecule has 0 saturated carbocycles. The molecule has 7 nitrogen and oxygen atoms in total. The van der Waals surface area contributed by atoms with E-state index in [4.69, 9.17) is 9.47 Å². The summed E-state index contributed by atoms with van der Waals surface area (Å²) in [7, 11) is 0. The number of rotatable bonds is 8. The minimum atomic E-state index is -0.674. The lowest BCUT2D eigenvalue weighted by Crippen LogP contribution is -2.32. The van der Waals surface area contributed by atoms with E-state index < -0.39 is 17.9 Å². The Bertz CT molecular complexity index is 1340. The van der Waals surface area contributed by atoms with Crippen LogP contribution in [0.25, 0.3) is 11.3 Å². The number of thiazole rings is 1. The van der Waals surface area contributed by atoms with Crippen LogP contribution < -0.4 is 10.6 Å². The minimum absolute atomic E-state index is 0.210. The van der Waals surface area contributed by atoms with E-state index >= 15 is 0 Å². The fraction of sp³-hybridized carbons (Fsp3) is 0.250. The van der Waals surface area contributed by atoms with Gasteiger partial charge in [-0.2, -0.15) is 0 Å². The topological polar surface area (TPSA) is 89.5 Å². The summed E-state index contributed by atoms with van der Waals surface area (Å²) in [6.45, 7) is 7.48. The number of dihydropyridines is 1. The molecule has 1 aliphatic rings. The zero-order chi connectivity index (χ0) is 26.5. The minimum Gasteiger partial charge on any atom is -0.463 e. The van der Waals surface area contributed by atoms with Gasteiger partial charge in [0.2, 0.25) is 0 Å². The van der Waals surface area contributed by atoms with E-state index in [1.54, 1.807) is 39.8 Å². The third kappa shape index (κ3) is 5.72. The fourth-order valence-electron chi connectivity index (χ4n) is 4.29. The maximum Gasteiger partial charge on any atom is 0.336 e. The van der Waals surface area contributed by atoms with Crippen LogP contribution in [0.15, 0.2) is 76.5 Å². The van der Waals surface area contributed by atoms with E-state index in [2.05, 4.69) is 15.6 Å². The zero-order valence-electron chi connectivity index (χ0n) is 21.1. The van der Waals surface area contributed by atoms with Crippen molar-refractivity contribution in [3.8, 4) is 11.3 Å². The quantitative estimate of drug-likeness (QED) is 0.349. The Morgan fingerprint density at radius 3 is 2.22 bits per heavy atom. The average Bonchev–Trinajstić information content (AvgIpc) is 3.32. The SMILES string of the molecule is CCOC(=O)C1=C(C)NC(C)=C(C(=O)OCC)C1c1cccc(Nc2nc(-c3ccc(F)cc3)cs2)c1. The molecule has 1 aromatic heterocycles. The van der Waals surface area contributed by atoms with E-state index in [9.17, 15) is 14.0 Å². The molecule has 0 fully saturated rings. The van der Waals surface area contributed by atoms with Gasteiger partial charge in [-0.3, -0.25) is 0 Å². The molecule has 0 amide bonds. The second-order valence-corrected chi connectivity index (χ2v) is 9.23. The number of nitrogens with zero attached hydrogens (tertiary/aromatic N) is 1. The molecule has 0 bridgehead atoms. The van der Waals surface area contributed by atoms with E-state index in [1.165, 1.54) is 23.5 Å². The molecule has 4 rings (SSSR count). The number of allylic oxidation sites excluding steroid dienone is 2. The van der Waals surface area contributed by atoms with Gasteiger partial charge in [0.25, 0.3) is 0 Å². The summed E-state index contributed by atoms with van der Waals surface area (Å²) in [6.07, 6.45) is 0. The largest absolute Gasteiger partial charge is 0.463 e. The predicted octanol–water partition coefficient (Wildman–Crippen LogP) is 6.05. The van der Waals surface area contributed by atoms with Crippen molar-refractivity contribution in [3.05, 3.63) is 87.8 Å². The third-order valence-corrected chi connectivity index (χ3v) is 6.62. The number of hydrogen-bond acceptors (Lipinski definition) is 8. The number of anilines is 2. The van der Waals surface area contributed by atoms with Crippen molar-refractivity contribution in [2.75, 3.05) is 18.5 Å². The van der Waals surface area contributed by atoms with Crippen molar-refractivity contribution in [3.63, 3.8) is 0 Å². The number of halogens is 1. The molecule has 0 spiro atoms. The Balaban J connectivity index is 1.69. The van der Waals surface area contributed by atoms with Crippen LogP contribution in [0.4, 0.5) is 15.2 Å². The zero-order valence-corrected chi connectivity index (χ0v) is 21.9. The molecular formula is C28H28FN3O4S. The first-order valence-electron chi connectivity index (χ1n) is 11.9. The van der Waals surface area contributed by atoms with Crippen molar-refractivity contribution in [2.24, 2.45) is 0 Å². The van der Waals surface area contributed by atoms with Crippen LogP contribution >= 0.6 is 11.3 Å². The monoisotopic (exact) mass is 521 g/mol. The van der Waals surface area contributed by atoms with Gasteiger partial charge in [-0.1, -0.05) is 12.1 Å². The lowest BCUT2D eigenvalue weighted by atomic mass is 9.80. The Hall–Kier alpha value is -3.98. The molecule has 2 heterocycles. The number of benzene rings is 2. The third-order valence-electron chi connectivity index (χ3n) is 5.87. The number of carbonyl (C=O) groups is 2. The van der Waals surface area contributed by atoms with Crippen molar-refractivity contribution in [1.29, 1.82) is 0 Å². The molecule has 37 heavy (non-hydrogen) atoms. The second kappa shape index (κ2) is 11.4. The standard InChI is InChI=1S/C28H28FN3O4S/c1-5-35-26(33)23-16(3)30-17(4)24(27(34)36-6-2)25(23)19-8-7-9-21(14-19)31-28-32-22(15-37-28)18-10-12-20(29)13-11-18/h7-15,25,30H,5-6H2,1-4H3,(H,31,32). The summed E-state index contributed by atoms with van der Waals surface area (Å²) < 4.78 is 24.0. The van der Waals surface area contributed by atoms with Crippen molar-refractivity contribution >= 4 is 34.1 Å². The summed E-state index contributed by atoms with van der Waals surface area (Å²) in [5.74, 6) is -1.96. The summed E-state index contributed by atoms with van der Waals surface area (Å²) >= 11 is 1.42. The summed E-state index contributed by atoms with van der Waals surface area (Å²) in [6, 6.07) is 13.6. The van der Waals surface area contributed by atoms with E-state index in [1.807, 2.05) is 29.6 Å². The van der Waals surface area contributed by atoms with Crippen LogP contribution in [0.2, 0.25) is 0 Å². The van der Waals surface area contributed by atoms with Crippen LogP contribution in [0.1, 0.15) is 39.2 Å². The molecule has 0 atom stereocenters. The number of carbonyl (C=O) groups excluding carboxylic acids is 2. The van der Waals surface area contributed by atoms with Gasteiger partial charge in [0.05, 0.1) is 36.0 Å². The normalized spacial score (nSPS) is 13.9. The first-order chi connectivity index (χ1) is 17.8. The smallest absolute Gasteiger partial charge is 0.336 e. The van der Waals surface area contributed by atoms with Crippen LogP contribution in [-0.4, -0.2) is 30.1 Å². The van der Waals surface area contributed by atoms with Crippen molar-refractivity contribution < 1.29 is 23.5 Å². The summed E-state index contributed by atoms with van der Waals surface area (Å²) in [5, 5.41) is 8.98. The van der Waals surface area contributed by atoms with Gasteiger partial charge in [0, 0.05) is 28.0 Å². The number of aromatic nitrogens is 1. The lowest BCUT2D eigenvalue weighted by molar-refractivity contribution is -0.139. The second-order valence-electron chi connectivity index (χ2n) is 8.37. The highest BCUT2D eigenvalue weighted by molar-refractivity contribution is 7.14. The molecule has 2 aromatic carbocycles. The number of ether oxygens (including phenoxy) is 2. The molecular weight excluding hydrogens is 493 g/mol. The summed E-state index contributed by atoms with van der Waals surface area (Å²) in [4.78, 5) is 30.6. The van der Waals surface area contributed by atoms with Crippen molar-refractivity contribution in [1.82, 2.24) is 10.3 Å². The van der Waals surface area contributed by atoms with Crippen LogP contribution in [0.5, 0.6) is 0 Å². The van der Waals surface area contributed by atoms with Gasteiger partial charge in [-0.05, 0) is 69.7 Å². The van der Waals surface area contributed by atoms with Crippen LogP contribution in [-0.2, 0) is 19.1 Å². The molecule has 192 valence electrons. The molecule has 0 aliphatic carbocycles. The maximum atomic E-state index is 13.3. The molecule has 1 aliphatic heterocycles. The average molecular weight is 522 g/mol. The predicted molar refractivity (Wildman–Crippen MR) is 142 cm³/mol. The van der Waals surface area contributed by atoms with Crippen LogP contribution in [0.3, 0.4) is 0 Å². The Labute approximate surface area is 219 Å². The van der Waals surface area contributed by atoms with E-state index in [-0.39, 0.29) is 19.0 Å². The highest BCUT2D eigenvalue weighted by Crippen LogP contribution is 2.40. The van der Waals surface area contributed by atoms with Gasteiger partial charge < -0.3 is 20.1 Å². The number of hydrogen-bond donors (Lipinski definition) is 2. The van der Waals surface area contributed by atoms with Crippen LogP contribution in [0, 0.1) is 5.82 Å². The van der Waals surface area contributed by atoms with Gasteiger partial charge in [-0.15, -0.1) is 11.3 Å². The van der Waals surface area contributed by atoms with E-state index in [0.29, 0.717) is 27.7 Å². The molecule has 0 radical (unpaired) electrons. The Kier molecular flexibility index (Phi) is 8.03. The summed E-state index contributed by atoms with van der Waals surface area (Å²) in [5.41, 5.74) is 4.97. The fourth-order valence-corrected chi connectivity index (χ4v) is 5.03. The van der Waals surface area contributed by atoms with Gasteiger partial charge >= 0.3 is 11.9 Å². The molecule has 0 unspecified atom stereocenters. The number of nitrogens with one attached hydrogen (secondary N) is 2. The molecule has 3 aromatic rings. The Morgan fingerprint density at radius 2 is 1.62 bits per heavy atom. The van der Waals surface area contributed by atoms with E-state index in [0.717, 1.165) is 22.5 Å². The van der Waals surface area contributed by atoms with Gasteiger partial charge in [-0.25, -0.2) is 19.0 Å². The van der Waals surface area contributed by atoms with Crippen molar-refractivity contribution in [2.45, 2.75) is 33.6 Å². The van der Waals surface area contributed by atoms with Gasteiger partial charge in [0.15, 0.2) is 5.13 Å². The molecule has 9 heteroatoms.